The normalized spacial score (nSPS) is 21.4. The number of aromatic nitrogens is 1. The number of benzene rings is 1. The van der Waals surface area contributed by atoms with Crippen molar-refractivity contribution >= 4 is 29.2 Å². The molecule has 4 rings (SSSR count). The summed E-state index contributed by atoms with van der Waals surface area (Å²) in [4.78, 5) is 11.0. The maximum absolute atomic E-state index is 6.01. The van der Waals surface area contributed by atoms with Crippen molar-refractivity contribution in [1.82, 2.24) is 10.3 Å². The standard InChI is InChI=1S/C21H28N8/c22-8-14(4-15-6-19(23)28-21(25)20(15)24)10-26-9-13-2-1-3-17(5-13)29-12-16-7-18(29)11-27-16/h1-3,5-6,8,10,16,18,27H,4,7,9,11-12,22,24H2,(H4,23,25,28). The third-order valence-electron chi connectivity index (χ3n) is 5.63. The highest BCUT2D eigenvalue weighted by molar-refractivity contribution is 5.80. The smallest absolute Gasteiger partial charge is 0.149 e. The quantitative estimate of drug-likeness (QED) is 0.462. The van der Waals surface area contributed by atoms with Gasteiger partial charge in [-0.05, 0) is 47.5 Å². The Morgan fingerprint density at radius 2 is 2.14 bits per heavy atom. The van der Waals surface area contributed by atoms with Crippen LogP contribution in [0.15, 0.2) is 47.1 Å². The zero-order valence-corrected chi connectivity index (χ0v) is 16.4. The molecular weight excluding hydrogens is 364 g/mol. The Hall–Kier alpha value is -3.26. The highest BCUT2D eigenvalue weighted by Gasteiger charge is 2.37. The lowest BCUT2D eigenvalue weighted by Gasteiger charge is -2.29. The van der Waals surface area contributed by atoms with E-state index in [1.165, 1.54) is 23.9 Å². The molecule has 1 aromatic carbocycles. The Balaban J connectivity index is 1.41. The van der Waals surface area contributed by atoms with Crippen LogP contribution >= 0.6 is 0 Å². The fraction of sp³-hybridized carbons (Fsp3) is 0.333. The molecule has 29 heavy (non-hydrogen) atoms. The second kappa shape index (κ2) is 8.00. The number of piperazine rings is 1. The first-order valence-corrected chi connectivity index (χ1v) is 9.83. The van der Waals surface area contributed by atoms with E-state index in [1.807, 2.05) is 0 Å². The van der Waals surface area contributed by atoms with Crippen molar-refractivity contribution in [1.29, 1.82) is 0 Å². The van der Waals surface area contributed by atoms with Crippen LogP contribution in [0.3, 0.4) is 0 Å². The number of pyridine rings is 1. The number of hydrogen-bond donors (Lipinski definition) is 5. The van der Waals surface area contributed by atoms with E-state index in [-0.39, 0.29) is 5.82 Å². The first-order valence-electron chi connectivity index (χ1n) is 9.83. The van der Waals surface area contributed by atoms with Gasteiger partial charge in [0.15, 0.2) is 0 Å². The molecule has 2 aliphatic heterocycles. The number of aliphatic imine (C=N–C) groups is 1. The van der Waals surface area contributed by atoms with Crippen LogP contribution in [0.1, 0.15) is 17.5 Å². The minimum Gasteiger partial charge on any atom is -0.404 e. The molecule has 2 aromatic rings. The van der Waals surface area contributed by atoms with Gasteiger partial charge in [-0.25, -0.2) is 4.98 Å². The molecule has 2 atom stereocenters. The van der Waals surface area contributed by atoms with Crippen LogP contribution in [0.5, 0.6) is 0 Å². The molecule has 0 spiro atoms. The molecule has 2 aliphatic rings. The molecule has 9 N–H and O–H groups in total. The van der Waals surface area contributed by atoms with E-state index in [9.17, 15) is 0 Å². The van der Waals surface area contributed by atoms with Gasteiger partial charge in [0, 0.05) is 43.5 Å². The number of hydrogen-bond acceptors (Lipinski definition) is 8. The molecule has 152 valence electrons. The van der Waals surface area contributed by atoms with Crippen molar-refractivity contribution in [2.75, 3.05) is 35.2 Å². The van der Waals surface area contributed by atoms with Gasteiger partial charge in [0.25, 0.3) is 0 Å². The number of rotatable bonds is 6. The SMILES string of the molecule is NC=C(C=NCc1cccc(N2CC3CC2CN3)c1)Cc1cc(N)nc(N)c1N. The number of nitrogens with one attached hydrogen (secondary N) is 1. The van der Waals surface area contributed by atoms with Gasteiger partial charge in [0.05, 0.1) is 12.2 Å². The summed E-state index contributed by atoms with van der Waals surface area (Å²) in [6, 6.07) is 11.6. The van der Waals surface area contributed by atoms with Crippen LogP contribution in [0.2, 0.25) is 0 Å². The molecule has 1 aromatic heterocycles. The summed E-state index contributed by atoms with van der Waals surface area (Å²) < 4.78 is 0. The first-order chi connectivity index (χ1) is 14.0. The summed E-state index contributed by atoms with van der Waals surface area (Å²) in [7, 11) is 0. The van der Waals surface area contributed by atoms with E-state index >= 15 is 0 Å². The topological polar surface area (TPSA) is 145 Å². The zero-order valence-electron chi connectivity index (χ0n) is 16.4. The first kappa shape index (κ1) is 19.1. The minimum atomic E-state index is 0.232. The predicted octanol–water partition coefficient (Wildman–Crippen LogP) is 1.03. The van der Waals surface area contributed by atoms with E-state index in [2.05, 4.69) is 44.5 Å². The third kappa shape index (κ3) is 4.12. The average molecular weight is 393 g/mol. The van der Waals surface area contributed by atoms with Gasteiger partial charge in [0.1, 0.15) is 11.6 Å². The van der Waals surface area contributed by atoms with Crippen molar-refractivity contribution in [2.24, 2.45) is 10.7 Å². The summed E-state index contributed by atoms with van der Waals surface area (Å²) in [5.41, 5.74) is 27.9. The Morgan fingerprint density at radius 3 is 2.86 bits per heavy atom. The number of anilines is 4. The van der Waals surface area contributed by atoms with Gasteiger partial charge in [-0.15, -0.1) is 0 Å². The molecule has 0 saturated carbocycles. The van der Waals surface area contributed by atoms with Crippen molar-refractivity contribution < 1.29 is 0 Å². The predicted molar refractivity (Wildman–Crippen MR) is 120 cm³/mol. The van der Waals surface area contributed by atoms with E-state index < -0.39 is 0 Å². The Labute approximate surface area is 170 Å². The minimum absolute atomic E-state index is 0.232. The monoisotopic (exact) mass is 392 g/mol. The van der Waals surface area contributed by atoms with Crippen LogP contribution in [-0.4, -0.2) is 36.4 Å². The summed E-state index contributed by atoms with van der Waals surface area (Å²) in [6.45, 7) is 2.74. The summed E-state index contributed by atoms with van der Waals surface area (Å²) in [5.74, 6) is 0.568. The molecule has 3 heterocycles. The van der Waals surface area contributed by atoms with Gasteiger partial charge >= 0.3 is 0 Å². The second-order valence-electron chi connectivity index (χ2n) is 7.71. The van der Waals surface area contributed by atoms with Crippen LogP contribution in [0.4, 0.5) is 23.0 Å². The maximum atomic E-state index is 6.01. The van der Waals surface area contributed by atoms with E-state index in [1.54, 1.807) is 12.3 Å². The van der Waals surface area contributed by atoms with Crippen molar-refractivity contribution in [2.45, 2.75) is 31.5 Å². The van der Waals surface area contributed by atoms with Crippen LogP contribution < -0.4 is 33.2 Å². The second-order valence-corrected chi connectivity index (χ2v) is 7.71. The van der Waals surface area contributed by atoms with Crippen molar-refractivity contribution in [3.05, 3.63) is 53.2 Å². The lowest BCUT2D eigenvalue weighted by molar-refractivity contribution is 0.580. The van der Waals surface area contributed by atoms with Crippen LogP contribution in [-0.2, 0) is 13.0 Å². The highest BCUT2D eigenvalue weighted by atomic mass is 15.3. The third-order valence-corrected chi connectivity index (χ3v) is 5.63. The van der Waals surface area contributed by atoms with Gasteiger partial charge in [-0.3, -0.25) is 4.99 Å². The number of nitrogens with two attached hydrogens (primary N) is 4. The van der Waals surface area contributed by atoms with E-state index in [0.717, 1.165) is 24.2 Å². The average Bonchev–Trinajstić information content (AvgIpc) is 3.34. The van der Waals surface area contributed by atoms with Crippen molar-refractivity contribution in [3.63, 3.8) is 0 Å². The van der Waals surface area contributed by atoms with Gasteiger partial charge in [0.2, 0.25) is 0 Å². The summed E-state index contributed by atoms with van der Waals surface area (Å²) in [5, 5.41) is 3.54. The Bertz CT molecular complexity index is 952. The summed E-state index contributed by atoms with van der Waals surface area (Å²) >= 11 is 0. The number of fused-ring (bicyclic) bond motifs is 2. The highest BCUT2D eigenvalue weighted by Crippen LogP contribution is 2.30. The molecule has 2 unspecified atom stereocenters. The van der Waals surface area contributed by atoms with Gasteiger partial charge in [-0.2, -0.15) is 0 Å². The van der Waals surface area contributed by atoms with Gasteiger partial charge in [-0.1, -0.05) is 12.1 Å². The lowest BCUT2D eigenvalue weighted by atomic mass is 10.1. The molecule has 8 heteroatoms. The summed E-state index contributed by atoms with van der Waals surface area (Å²) in [6.07, 6.45) is 5.04. The molecule has 8 nitrogen and oxygen atoms in total. The molecule has 2 bridgehead atoms. The van der Waals surface area contributed by atoms with E-state index in [0.29, 0.717) is 36.6 Å². The molecule has 0 amide bonds. The molecule has 2 saturated heterocycles. The molecular formula is C21H28N8. The fourth-order valence-electron chi connectivity index (χ4n) is 4.14. The van der Waals surface area contributed by atoms with Crippen LogP contribution in [0, 0.1) is 0 Å². The Kier molecular flexibility index (Phi) is 5.26. The fourth-order valence-corrected chi connectivity index (χ4v) is 4.14. The molecule has 0 aliphatic carbocycles. The van der Waals surface area contributed by atoms with Gasteiger partial charge < -0.3 is 33.2 Å². The molecule has 2 fully saturated rings. The molecule has 0 radical (unpaired) electrons. The lowest BCUT2D eigenvalue weighted by Crippen LogP contribution is -2.43. The Morgan fingerprint density at radius 1 is 1.28 bits per heavy atom. The zero-order chi connectivity index (χ0) is 20.4. The van der Waals surface area contributed by atoms with Crippen LogP contribution in [0.25, 0.3) is 0 Å². The maximum Gasteiger partial charge on any atom is 0.149 e. The largest absolute Gasteiger partial charge is 0.404 e. The number of allylic oxidation sites excluding steroid dienone is 1. The number of nitrogen functional groups attached to an aromatic ring is 3. The number of nitrogens with zero attached hydrogens (tertiary/aromatic N) is 3. The van der Waals surface area contributed by atoms with E-state index in [4.69, 9.17) is 22.9 Å². The van der Waals surface area contributed by atoms with Crippen molar-refractivity contribution in [3.8, 4) is 0 Å².